The predicted molar refractivity (Wildman–Crippen MR) is 111 cm³/mol. The van der Waals surface area contributed by atoms with Crippen LogP contribution in [-0.2, 0) is 14.4 Å². The van der Waals surface area contributed by atoms with Crippen LogP contribution in [0.3, 0.4) is 0 Å². The lowest BCUT2D eigenvalue weighted by atomic mass is 10.1. The van der Waals surface area contributed by atoms with Crippen LogP contribution in [0.5, 0.6) is 0 Å². The van der Waals surface area contributed by atoms with E-state index < -0.39 is 23.7 Å². The molecule has 1 rings (SSSR count). The molecule has 4 N–H and O–H groups in total. The highest BCUT2D eigenvalue weighted by molar-refractivity contribution is 14.1. The Bertz CT molecular complexity index is 710. The van der Waals surface area contributed by atoms with Gasteiger partial charge in [-0.05, 0) is 67.8 Å². The number of nitrogens with zero attached hydrogens (tertiary/aromatic N) is 1. The first-order valence-electron chi connectivity index (χ1n) is 6.36. The Morgan fingerprint density at radius 2 is 1.38 bits per heavy atom. The molecule has 0 atom stereocenters. The van der Waals surface area contributed by atoms with Gasteiger partial charge in [-0.3, -0.25) is 14.4 Å². The van der Waals surface area contributed by atoms with E-state index in [4.69, 9.17) is 16.3 Å². The highest BCUT2D eigenvalue weighted by Gasteiger charge is 2.32. The number of benzene rings is 1. The molecule has 3 amide bonds. The first-order valence-corrected chi connectivity index (χ1v) is 9.59. The number of hydrogen-bond donors (Lipinski definition) is 2. The third-order valence-electron chi connectivity index (χ3n) is 2.74. The van der Waals surface area contributed by atoms with E-state index in [1.165, 1.54) is 0 Å². The van der Waals surface area contributed by atoms with E-state index >= 15 is 0 Å². The summed E-state index contributed by atoms with van der Waals surface area (Å²) in [6.45, 7) is 2.71. The highest BCUT2D eigenvalue weighted by Crippen LogP contribution is 2.38. The predicted octanol–water partition coefficient (Wildman–Crippen LogP) is 1.92. The molecule has 0 fully saturated rings. The Morgan fingerprint density at radius 1 is 0.958 bits per heavy atom. The van der Waals surface area contributed by atoms with Crippen molar-refractivity contribution in [1.82, 2.24) is 0 Å². The summed E-state index contributed by atoms with van der Waals surface area (Å²) in [5, 5.41) is 0.765. The van der Waals surface area contributed by atoms with Gasteiger partial charge in [0.15, 0.2) is 0 Å². The summed E-state index contributed by atoms with van der Waals surface area (Å²) in [4.78, 5) is 52.2. The van der Waals surface area contributed by atoms with Crippen molar-refractivity contribution in [3.63, 3.8) is 0 Å². The molecule has 0 aliphatic carbocycles. The van der Waals surface area contributed by atoms with Gasteiger partial charge in [-0.2, -0.15) is 0 Å². The second-order valence-electron chi connectivity index (χ2n) is 4.39. The summed E-state index contributed by atoms with van der Waals surface area (Å²) in [5.74, 6) is -2.86. The maximum Gasteiger partial charge on any atom is 0.330 e. The van der Waals surface area contributed by atoms with Crippen molar-refractivity contribution in [1.29, 1.82) is 0 Å². The molecule has 8 nitrogen and oxygen atoms in total. The van der Waals surface area contributed by atoms with Gasteiger partial charge in [0.1, 0.15) is 5.69 Å². The summed E-state index contributed by atoms with van der Waals surface area (Å²) < 4.78 is 0.834. The van der Waals surface area contributed by atoms with Crippen LogP contribution in [0, 0.1) is 10.7 Å². The van der Waals surface area contributed by atoms with Crippen LogP contribution in [0.15, 0.2) is 0 Å². The molecular formula is C13H12I3N3O5. The maximum absolute atomic E-state index is 12.2. The lowest BCUT2D eigenvalue weighted by molar-refractivity contribution is -0.148. The van der Waals surface area contributed by atoms with Gasteiger partial charge in [-0.25, -0.2) is 4.79 Å². The number of primary amides is 2. The molecule has 0 unspecified atom stereocenters. The van der Waals surface area contributed by atoms with Crippen LogP contribution in [0.1, 0.15) is 41.0 Å². The number of carbonyl (C=O) groups excluding carboxylic acids is 4. The Labute approximate surface area is 178 Å². The largest absolute Gasteiger partial charge is 0.366 e. The minimum absolute atomic E-state index is 0.0291. The number of carbonyl (C=O) groups is 4. The molecule has 11 heteroatoms. The van der Waals surface area contributed by atoms with Crippen LogP contribution < -0.4 is 16.5 Å². The number of hydroxylamine groups is 1. The first kappa shape index (κ1) is 21.3. The van der Waals surface area contributed by atoms with Crippen LogP contribution >= 0.6 is 67.8 Å². The standard InChI is InChI=1S/C13H12I3N3O5/c1-3-5(21)19(24-4(2)20)11-9(15)6(12(17)22)8(14)7(10(11)16)13(18)23/h3H2,1-2H3,(H2,17,22)(H2,18,23). The van der Waals surface area contributed by atoms with Gasteiger partial charge in [-0.15, -0.1) is 5.06 Å². The topological polar surface area (TPSA) is 133 Å². The minimum Gasteiger partial charge on any atom is -0.366 e. The van der Waals surface area contributed by atoms with Gasteiger partial charge in [0.2, 0.25) is 0 Å². The minimum atomic E-state index is -0.796. The Hall–Kier alpha value is -0.710. The van der Waals surface area contributed by atoms with Crippen molar-refractivity contribution in [3.05, 3.63) is 21.8 Å². The van der Waals surface area contributed by atoms with Gasteiger partial charge >= 0.3 is 5.97 Å². The molecule has 130 valence electrons. The van der Waals surface area contributed by atoms with Gasteiger partial charge in [-0.1, -0.05) is 6.92 Å². The van der Waals surface area contributed by atoms with Crippen LogP contribution in [0.2, 0.25) is 0 Å². The molecule has 0 aliphatic heterocycles. The summed E-state index contributed by atoms with van der Waals surface area (Å²) >= 11 is 5.42. The summed E-state index contributed by atoms with van der Waals surface area (Å²) in [5.41, 5.74) is 10.9. The van der Waals surface area contributed by atoms with E-state index in [-0.39, 0.29) is 33.9 Å². The third-order valence-corrected chi connectivity index (χ3v) is 5.92. The number of nitrogens with two attached hydrogens (primary N) is 2. The van der Waals surface area contributed by atoms with Crippen LogP contribution in [0.4, 0.5) is 5.69 Å². The van der Waals surface area contributed by atoms with E-state index in [1.54, 1.807) is 29.5 Å². The van der Waals surface area contributed by atoms with Crippen molar-refractivity contribution >= 4 is 97.2 Å². The smallest absolute Gasteiger partial charge is 0.330 e. The van der Waals surface area contributed by atoms with E-state index in [0.717, 1.165) is 12.0 Å². The van der Waals surface area contributed by atoms with Crippen LogP contribution in [0.25, 0.3) is 0 Å². The molecule has 1 aromatic rings. The van der Waals surface area contributed by atoms with E-state index in [0.29, 0.717) is 0 Å². The molecule has 0 aromatic heterocycles. The monoisotopic (exact) mass is 671 g/mol. The zero-order valence-electron chi connectivity index (χ0n) is 12.5. The number of rotatable bonds is 4. The van der Waals surface area contributed by atoms with Crippen LogP contribution in [-0.4, -0.2) is 23.7 Å². The molecule has 0 heterocycles. The fourth-order valence-electron chi connectivity index (χ4n) is 1.76. The fourth-order valence-corrected chi connectivity index (χ4v) is 6.42. The average molecular weight is 671 g/mol. The summed E-state index contributed by atoms with van der Waals surface area (Å²) in [7, 11) is 0. The molecular weight excluding hydrogens is 659 g/mol. The highest BCUT2D eigenvalue weighted by atomic mass is 127. The Morgan fingerprint density at radius 3 is 1.67 bits per heavy atom. The lowest BCUT2D eigenvalue weighted by Crippen LogP contribution is -2.35. The lowest BCUT2D eigenvalue weighted by Gasteiger charge is -2.25. The molecule has 0 saturated heterocycles. The Balaban J connectivity index is 3.91. The van der Waals surface area contributed by atoms with Gasteiger partial charge in [0, 0.05) is 16.9 Å². The molecule has 0 spiro atoms. The maximum atomic E-state index is 12.2. The quantitative estimate of drug-likeness (QED) is 0.373. The molecule has 0 radical (unpaired) electrons. The second-order valence-corrected chi connectivity index (χ2v) is 7.63. The summed E-state index contributed by atoms with van der Waals surface area (Å²) in [6, 6.07) is 0. The third kappa shape index (κ3) is 4.27. The fraction of sp³-hybridized carbons (Fsp3) is 0.231. The van der Waals surface area contributed by atoms with E-state index in [1.807, 2.05) is 45.2 Å². The first-order chi connectivity index (χ1) is 11.0. The van der Waals surface area contributed by atoms with Crippen molar-refractivity contribution < 1.29 is 24.0 Å². The van der Waals surface area contributed by atoms with Gasteiger partial charge < -0.3 is 16.3 Å². The molecule has 1 aromatic carbocycles. The van der Waals surface area contributed by atoms with E-state index in [9.17, 15) is 19.2 Å². The van der Waals surface area contributed by atoms with E-state index in [2.05, 4.69) is 0 Å². The molecule has 24 heavy (non-hydrogen) atoms. The normalized spacial score (nSPS) is 10.2. The number of halogens is 3. The molecule has 0 bridgehead atoms. The SMILES string of the molecule is CCC(=O)N(OC(C)=O)c1c(I)c(C(N)=O)c(I)c(C(N)=O)c1I. The number of anilines is 1. The van der Waals surface area contributed by atoms with Crippen molar-refractivity contribution in [2.75, 3.05) is 5.06 Å². The van der Waals surface area contributed by atoms with Gasteiger partial charge in [0.05, 0.1) is 18.3 Å². The zero-order valence-corrected chi connectivity index (χ0v) is 19.0. The van der Waals surface area contributed by atoms with Crippen molar-refractivity contribution in [2.45, 2.75) is 20.3 Å². The number of amides is 3. The van der Waals surface area contributed by atoms with Crippen molar-refractivity contribution in [3.8, 4) is 0 Å². The molecule has 0 saturated carbocycles. The average Bonchev–Trinajstić information content (AvgIpc) is 2.43. The molecule has 0 aliphatic rings. The van der Waals surface area contributed by atoms with Crippen molar-refractivity contribution in [2.24, 2.45) is 11.5 Å². The second kappa shape index (κ2) is 8.59. The Kier molecular flexibility index (Phi) is 7.64. The number of hydrogen-bond acceptors (Lipinski definition) is 5. The summed E-state index contributed by atoms with van der Waals surface area (Å²) in [6.07, 6.45) is 0.0310. The van der Waals surface area contributed by atoms with Gasteiger partial charge in [0.25, 0.3) is 17.7 Å². The zero-order chi connectivity index (χ0) is 18.8.